The number of carboxylic acid groups (broad SMARTS) is 1. The Morgan fingerprint density at radius 3 is 2.60 bits per heavy atom. The first-order valence-corrected chi connectivity index (χ1v) is 4.08. The number of rotatable bonds is 3. The van der Waals surface area contributed by atoms with Crippen molar-refractivity contribution in [2.45, 2.75) is 13.0 Å². The quantitative estimate of drug-likeness (QED) is 0.555. The van der Waals surface area contributed by atoms with E-state index in [1.165, 1.54) is 14.0 Å². The predicted octanol–water partition coefficient (Wildman–Crippen LogP) is -1.63. The highest BCUT2D eigenvalue weighted by Gasteiger charge is 2.20. The van der Waals surface area contributed by atoms with Gasteiger partial charge in [0.1, 0.15) is 6.04 Å². The van der Waals surface area contributed by atoms with Crippen molar-refractivity contribution in [1.82, 2.24) is 15.2 Å². The van der Waals surface area contributed by atoms with E-state index in [4.69, 9.17) is 5.11 Å². The van der Waals surface area contributed by atoms with Crippen LogP contribution in [0.5, 0.6) is 0 Å². The first-order chi connectivity index (χ1) is 6.93. The SMILES string of the molecule is CC(C(=O)O)N(C)c1n[nH]c(=O)[nH]c1=O. The predicted molar refractivity (Wildman–Crippen MR) is 51.0 cm³/mol. The van der Waals surface area contributed by atoms with Crippen LogP contribution in [0.15, 0.2) is 9.59 Å². The first kappa shape index (κ1) is 11.0. The highest BCUT2D eigenvalue weighted by Crippen LogP contribution is 2.03. The molecule has 0 saturated carbocycles. The van der Waals surface area contributed by atoms with Crippen LogP contribution in [-0.2, 0) is 4.79 Å². The summed E-state index contributed by atoms with van der Waals surface area (Å²) in [5.41, 5.74) is -1.46. The van der Waals surface area contributed by atoms with Crippen molar-refractivity contribution in [1.29, 1.82) is 0 Å². The number of aromatic nitrogens is 3. The monoisotopic (exact) mass is 214 g/mol. The molecule has 1 aromatic rings. The summed E-state index contributed by atoms with van der Waals surface area (Å²) in [7, 11) is 1.40. The van der Waals surface area contributed by atoms with Crippen LogP contribution in [0, 0.1) is 0 Å². The van der Waals surface area contributed by atoms with Gasteiger partial charge in [-0.05, 0) is 6.92 Å². The highest BCUT2D eigenvalue weighted by atomic mass is 16.4. The van der Waals surface area contributed by atoms with Gasteiger partial charge < -0.3 is 10.0 Å². The van der Waals surface area contributed by atoms with E-state index in [1.807, 2.05) is 10.1 Å². The van der Waals surface area contributed by atoms with E-state index in [0.29, 0.717) is 0 Å². The zero-order chi connectivity index (χ0) is 11.6. The lowest BCUT2D eigenvalue weighted by molar-refractivity contribution is -0.138. The molecule has 1 heterocycles. The maximum atomic E-state index is 11.2. The Bertz CT molecular complexity index is 476. The number of aliphatic carboxylic acids is 1. The Labute approximate surface area is 83.6 Å². The molecule has 0 fully saturated rings. The second-order valence-corrected chi connectivity index (χ2v) is 2.96. The molecule has 1 aromatic heterocycles. The van der Waals surface area contributed by atoms with Crippen molar-refractivity contribution in [2.75, 3.05) is 11.9 Å². The van der Waals surface area contributed by atoms with Crippen LogP contribution in [0.4, 0.5) is 5.82 Å². The molecule has 1 atom stereocenters. The fourth-order valence-corrected chi connectivity index (χ4v) is 0.930. The molecule has 0 saturated heterocycles. The molecule has 0 radical (unpaired) electrons. The molecule has 1 unspecified atom stereocenters. The molecular formula is C7H10N4O4. The van der Waals surface area contributed by atoms with E-state index < -0.39 is 23.3 Å². The van der Waals surface area contributed by atoms with Crippen LogP contribution >= 0.6 is 0 Å². The fraction of sp³-hybridized carbons (Fsp3) is 0.429. The summed E-state index contributed by atoms with van der Waals surface area (Å²) in [6, 6.07) is -0.912. The number of hydrogen-bond donors (Lipinski definition) is 3. The van der Waals surface area contributed by atoms with Crippen molar-refractivity contribution < 1.29 is 9.90 Å². The van der Waals surface area contributed by atoms with Gasteiger partial charge in [-0.25, -0.2) is 14.7 Å². The Morgan fingerprint density at radius 2 is 2.13 bits per heavy atom. The van der Waals surface area contributed by atoms with Crippen LogP contribution in [-0.4, -0.2) is 39.3 Å². The summed E-state index contributed by atoms with van der Waals surface area (Å²) >= 11 is 0. The molecule has 0 spiro atoms. The maximum Gasteiger partial charge on any atom is 0.342 e. The van der Waals surface area contributed by atoms with Crippen LogP contribution in [0.2, 0.25) is 0 Å². The van der Waals surface area contributed by atoms with Gasteiger partial charge in [0.15, 0.2) is 0 Å². The third-order valence-electron chi connectivity index (χ3n) is 1.97. The highest BCUT2D eigenvalue weighted by molar-refractivity contribution is 5.76. The van der Waals surface area contributed by atoms with Crippen LogP contribution in [0.3, 0.4) is 0 Å². The first-order valence-electron chi connectivity index (χ1n) is 4.08. The molecule has 15 heavy (non-hydrogen) atoms. The Hall–Kier alpha value is -2.12. The van der Waals surface area contributed by atoms with Crippen molar-refractivity contribution in [3.05, 3.63) is 20.8 Å². The standard InChI is InChI=1S/C7H10N4O4/c1-3(6(13)14)11(2)4-5(12)8-7(15)10-9-4/h3H,1-2H3,(H,13,14)(H2,8,10,12,15). The van der Waals surface area contributed by atoms with Crippen molar-refractivity contribution >= 4 is 11.8 Å². The molecule has 0 aliphatic rings. The minimum atomic E-state index is -1.09. The summed E-state index contributed by atoms with van der Waals surface area (Å²) in [6.45, 7) is 1.40. The second kappa shape index (κ2) is 3.95. The summed E-state index contributed by atoms with van der Waals surface area (Å²) in [5, 5.41) is 14.2. The van der Waals surface area contributed by atoms with Gasteiger partial charge in [-0.2, -0.15) is 0 Å². The van der Waals surface area contributed by atoms with E-state index in [9.17, 15) is 14.4 Å². The molecule has 1 rings (SSSR count). The average Bonchev–Trinajstić information content (AvgIpc) is 2.15. The summed E-state index contributed by atoms with van der Waals surface area (Å²) in [4.78, 5) is 35.6. The largest absolute Gasteiger partial charge is 0.480 e. The van der Waals surface area contributed by atoms with Crippen molar-refractivity contribution in [3.8, 4) is 0 Å². The molecule has 82 valence electrons. The van der Waals surface area contributed by atoms with Gasteiger partial charge in [-0.3, -0.25) is 9.78 Å². The van der Waals surface area contributed by atoms with E-state index in [0.717, 1.165) is 4.90 Å². The van der Waals surface area contributed by atoms with Gasteiger partial charge in [0.2, 0.25) is 5.82 Å². The van der Waals surface area contributed by atoms with Crippen LogP contribution in [0.25, 0.3) is 0 Å². The number of nitrogens with one attached hydrogen (secondary N) is 2. The van der Waals surface area contributed by atoms with E-state index in [2.05, 4.69) is 5.10 Å². The Kier molecular flexibility index (Phi) is 2.88. The third kappa shape index (κ3) is 2.22. The number of carbonyl (C=O) groups is 1. The molecule has 0 aromatic carbocycles. The lowest BCUT2D eigenvalue weighted by Crippen LogP contribution is -2.41. The molecule has 0 bridgehead atoms. The summed E-state index contributed by atoms with van der Waals surface area (Å²) in [5.74, 6) is -1.24. The van der Waals surface area contributed by atoms with Gasteiger partial charge >= 0.3 is 11.7 Å². The fourth-order valence-electron chi connectivity index (χ4n) is 0.930. The van der Waals surface area contributed by atoms with E-state index in [-0.39, 0.29) is 5.82 Å². The summed E-state index contributed by atoms with van der Waals surface area (Å²) < 4.78 is 0. The Morgan fingerprint density at radius 1 is 1.53 bits per heavy atom. The number of hydrogen-bond acceptors (Lipinski definition) is 5. The lowest BCUT2D eigenvalue weighted by atomic mass is 10.3. The van der Waals surface area contributed by atoms with Gasteiger partial charge in [0.05, 0.1) is 0 Å². The minimum Gasteiger partial charge on any atom is -0.480 e. The van der Waals surface area contributed by atoms with Gasteiger partial charge in [-0.15, -0.1) is 5.10 Å². The normalized spacial score (nSPS) is 12.1. The Balaban J connectivity index is 3.12. The van der Waals surface area contributed by atoms with E-state index in [1.54, 1.807) is 0 Å². The minimum absolute atomic E-state index is 0.149. The maximum absolute atomic E-state index is 11.2. The second-order valence-electron chi connectivity index (χ2n) is 2.96. The topological polar surface area (TPSA) is 119 Å². The molecular weight excluding hydrogens is 204 g/mol. The van der Waals surface area contributed by atoms with Crippen LogP contribution < -0.4 is 16.1 Å². The molecule has 0 aliphatic carbocycles. The molecule has 0 aliphatic heterocycles. The molecule has 8 heteroatoms. The zero-order valence-corrected chi connectivity index (χ0v) is 8.14. The lowest BCUT2D eigenvalue weighted by Gasteiger charge is -2.20. The number of carboxylic acids is 1. The molecule has 0 amide bonds. The number of nitrogens with zero attached hydrogens (tertiary/aromatic N) is 2. The number of H-pyrrole nitrogens is 2. The smallest absolute Gasteiger partial charge is 0.342 e. The van der Waals surface area contributed by atoms with Crippen LogP contribution in [0.1, 0.15) is 6.92 Å². The third-order valence-corrected chi connectivity index (χ3v) is 1.97. The number of likely N-dealkylation sites (N-methyl/N-ethyl adjacent to an activating group) is 1. The molecule has 3 N–H and O–H groups in total. The van der Waals surface area contributed by atoms with Crippen molar-refractivity contribution in [3.63, 3.8) is 0 Å². The summed E-state index contributed by atoms with van der Waals surface area (Å²) in [6.07, 6.45) is 0. The number of aromatic amines is 2. The van der Waals surface area contributed by atoms with E-state index >= 15 is 0 Å². The van der Waals surface area contributed by atoms with Gasteiger partial charge in [0, 0.05) is 7.05 Å². The van der Waals surface area contributed by atoms with Crippen molar-refractivity contribution in [2.24, 2.45) is 0 Å². The van der Waals surface area contributed by atoms with Gasteiger partial charge in [0.25, 0.3) is 5.56 Å². The number of anilines is 1. The van der Waals surface area contributed by atoms with Gasteiger partial charge in [-0.1, -0.05) is 0 Å². The average molecular weight is 214 g/mol. The molecule has 8 nitrogen and oxygen atoms in total. The zero-order valence-electron chi connectivity index (χ0n) is 8.14.